The molecule has 1 fully saturated rings. The summed E-state index contributed by atoms with van der Waals surface area (Å²) in [6, 6.07) is 4.55. The molecule has 1 amide bonds. The summed E-state index contributed by atoms with van der Waals surface area (Å²) < 4.78 is 19.5. The van der Waals surface area contributed by atoms with Gasteiger partial charge in [0.1, 0.15) is 17.7 Å². The molecule has 1 atom stereocenters. The highest BCUT2D eigenvalue weighted by Crippen LogP contribution is 2.21. The first-order chi connectivity index (χ1) is 9.08. The highest BCUT2D eigenvalue weighted by atomic mass is 19.1. The van der Waals surface area contributed by atoms with E-state index in [1.54, 1.807) is 12.1 Å². The number of hydrogen-bond acceptors (Lipinski definition) is 4. The number of ether oxygens (including phenoxy) is 1. The Morgan fingerprint density at radius 1 is 1.63 bits per heavy atom. The third kappa shape index (κ3) is 3.65. The number of carbonyl (C=O) groups is 1. The number of rotatable bonds is 4. The van der Waals surface area contributed by atoms with Gasteiger partial charge in [-0.3, -0.25) is 10.2 Å². The summed E-state index contributed by atoms with van der Waals surface area (Å²) in [5, 5.41) is 0. The van der Waals surface area contributed by atoms with Crippen LogP contribution in [0.4, 0.5) is 4.39 Å². The number of likely N-dealkylation sites (tertiary alicyclic amines) is 1. The van der Waals surface area contributed by atoms with Gasteiger partial charge in [-0.1, -0.05) is 6.07 Å². The minimum absolute atomic E-state index is 0.0746. The van der Waals surface area contributed by atoms with E-state index in [0.29, 0.717) is 11.3 Å². The van der Waals surface area contributed by atoms with Gasteiger partial charge in [-0.2, -0.15) is 0 Å². The van der Waals surface area contributed by atoms with Crippen LogP contribution >= 0.6 is 0 Å². The van der Waals surface area contributed by atoms with Crippen molar-refractivity contribution >= 4 is 5.91 Å². The van der Waals surface area contributed by atoms with E-state index in [2.05, 4.69) is 4.90 Å². The summed E-state index contributed by atoms with van der Waals surface area (Å²) in [7, 11) is 2.03. The van der Waals surface area contributed by atoms with Crippen molar-refractivity contribution in [3.05, 3.63) is 29.6 Å². The molecular weight excluding hydrogens is 249 g/mol. The lowest BCUT2D eigenvalue weighted by atomic mass is 10.1. The summed E-state index contributed by atoms with van der Waals surface area (Å²) in [4.78, 5) is 13.3. The molecule has 1 aliphatic rings. The fourth-order valence-corrected chi connectivity index (χ4v) is 2.15. The smallest absolute Gasteiger partial charge is 0.238 e. The van der Waals surface area contributed by atoms with Crippen molar-refractivity contribution < 1.29 is 13.9 Å². The molecule has 0 aromatic heterocycles. The molecule has 0 aliphatic carbocycles. The molecule has 1 aliphatic heterocycles. The molecule has 0 spiro atoms. The van der Waals surface area contributed by atoms with Gasteiger partial charge in [-0.25, -0.2) is 10.2 Å². The van der Waals surface area contributed by atoms with Crippen LogP contribution in [0.5, 0.6) is 5.75 Å². The zero-order valence-corrected chi connectivity index (χ0v) is 10.9. The normalized spacial score (nSPS) is 19.4. The number of nitrogens with two attached hydrogens (primary N) is 1. The van der Waals surface area contributed by atoms with Gasteiger partial charge in [0.05, 0.1) is 6.42 Å². The second-order valence-corrected chi connectivity index (χ2v) is 4.79. The molecule has 1 saturated heterocycles. The van der Waals surface area contributed by atoms with Crippen LogP contribution in [0.15, 0.2) is 18.2 Å². The van der Waals surface area contributed by atoms with Gasteiger partial charge in [0.15, 0.2) is 0 Å². The number of likely N-dealkylation sites (N-methyl/N-ethyl adjacent to an activating group) is 1. The largest absolute Gasteiger partial charge is 0.489 e. The van der Waals surface area contributed by atoms with Gasteiger partial charge in [0.25, 0.3) is 0 Å². The van der Waals surface area contributed by atoms with Crippen LogP contribution in [0.2, 0.25) is 0 Å². The van der Waals surface area contributed by atoms with Crippen molar-refractivity contribution in [1.29, 1.82) is 0 Å². The standard InChI is InChI=1S/C13H18FN3O2/c1-17-5-4-11(8-17)19-10-3-2-9(12(14)7-10)6-13(18)16-15/h2-3,7,11H,4-6,8,15H2,1H3,(H,16,18)/t11-/m1/s1. The first-order valence-electron chi connectivity index (χ1n) is 6.21. The molecule has 6 heteroatoms. The number of halogens is 1. The molecule has 0 bridgehead atoms. The Hall–Kier alpha value is -1.66. The van der Waals surface area contributed by atoms with Crippen LogP contribution in [-0.4, -0.2) is 37.0 Å². The molecule has 1 aromatic carbocycles. The summed E-state index contributed by atoms with van der Waals surface area (Å²) in [5.74, 6) is 4.59. The van der Waals surface area contributed by atoms with Crippen molar-refractivity contribution in [1.82, 2.24) is 10.3 Å². The molecule has 0 radical (unpaired) electrons. The monoisotopic (exact) mass is 267 g/mol. The number of carbonyl (C=O) groups excluding carboxylic acids is 1. The topological polar surface area (TPSA) is 67.6 Å². The number of benzene rings is 1. The zero-order chi connectivity index (χ0) is 13.8. The van der Waals surface area contributed by atoms with E-state index in [4.69, 9.17) is 10.6 Å². The molecule has 0 saturated carbocycles. The van der Waals surface area contributed by atoms with Crippen LogP contribution < -0.4 is 16.0 Å². The van der Waals surface area contributed by atoms with Crippen molar-refractivity contribution in [2.45, 2.75) is 18.9 Å². The first-order valence-corrected chi connectivity index (χ1v) is 6.21. The lowest BCUT2D eigenvalue weighted by Crippen LogP contribution is -2.31. The maximum absolute atomic E-state index is 13.8. The number of hydrazine groups is 1. The lowest BCUT2D eigenvalue weighted by molar-refractivity contribution is -0.120. The molecule has 19 heavy (non-hydrogen) atoms. The minimum atomic E-state index is -0.451. The number of amides is 1. The Morgan fingerprint density at radius 3 is 3.00 bits per heavy atom. The summed E-state index contributed by atoms with van der Waals surface area (Å²) in [5.41, 5.74) is 2.28. The van der Waals surface area contributed by atoms with Crippen LogP contribution in [0, 0.1) is 5.82 Å². The Labute approximate surface area is 111 Å². The third-order valence-corrected chi connectivity index (χ3v) is 3.19. The van der Waals surface area contributed by atoms with Gasteiger partial charge in [0, 0.05) is 19.2 Å². The predicted octanol–water partition coefficient (Wildman–Crippen LogP) is 0.441. The van der Waals surface area contributed by atoms with Crippen molar-refractivity contribution in [2.24, 2.45) is 5.84 Å². The van der Waals surface area contributed by atoms with Gasteiger partial charge in [-0.15, -0.1) is 0 Å². The van der Waals surface area contributed by atoms with E-state index in [1.165, 1.54) is 6.07 Å². The van der Waals surface area contributed by atoms with Crippen LogP contribution in [-0.2, 0) is 11.2 Å². The van der Waals surface area contributed by atoms with Crippen LogP contribution in [0.1, 0.15) is 12.0 Å². The molecule has 5 nitrogen and oxygen atoms in total. The van der Waals surface area contributed by atoms with E-state index >= 15 is 0 Å². The SMILES string of the molecule is CN1CC[C@@H](Oc2ccc(CC(=O)NN)c(F)c2)C1. The zero-order valence-electron chi connectivity index (χ0n) is 10.9. The second kappa shape index (κ2) is 5.99. The number of nitrogens with zero attached hydrogens (tertiary/aromatic N) is 1. The van der Waals surface area contributed by atoms with E-state index in [-0.39, 0.29) is 12.5 Å². The Kier molecular flexibility index (Phi) is 4.34. The molecule has 104 valence electrons. The summed E-state index contributed by atoms with van der Waals surface area (Å²) >= 11 is 0. The van der Waals surface area contributed by atoms with Crippen LogP contribution in [0.25, 0.3) is 0 Å². The average Bonchev–Trinajstić information content (AvgIpc) is 2.78. The van der Waals surface area contributed by atoms with Gasteiger partial charge in [0.2, 0.25) is 5.91 Å². The number of nitrogens with one attached hydrogen (secondary N) is 1. The van der Waals surface area contributed by atoms with E-state index in [9.17, 15) is 9.18 Å². The van der Waals surface area contributed by atoms with Gasteiger partial charge in [-0.05, 0) is 25.1 Å². The van der Waals surface area contributed by atoms with Gasteiger partial charge < -0.3 is 9.64 Å². The first kappa shape index (κ1) is 13.8. The maximum Gasteiger partial charge on any atom is 0.238 e. The molecule has 2 rings (SSSR count). The Morgan fingerprint density at radius 2 is 2.42 bits per heavy atom. The van der Waals surface area contributed by atoms with Crippen molar-refractivity contribution in [3.8, 4) is 5.75 Å². The third-order valence-electron chi connectivity index (χ3n) is 3.19. The highest BCUT2D eigenvalue weighted by molar-refractivity contribution is 5.77. The summed E-state index contributed by atoms with van der Waals surface area (Å²) in [6.07, 6.45) is 0.965. The van der Waals surface area contributed by atoms with E-state index < -0.39 is 11.7 Å². The molecule has 1 heterocycles. The quantitative estimate of drug-likeness (QED) is 0.472. The molecule has 1 aromatic rings. The Balaban J connectivity index is 2.00. The minimum Gasteiger partial charge on any atom is -0.489 e. The highest BCUT2D eigenvalue weighted by Gasteiger charge is 2.21. The molecule has 3 N–H and O–H groups in total. The molecular formula is C13H18FN3O2. The van der Waals surface area contributed by atoms with Crippen molar-refractivity contribution in [2.75, 3.05) is 20.1 Å². The Bertz CT molecular complexity index is 467. The van der Waals surface area contributed by atoms with Crippen molar-refractivity contribution in [3.63, 3.8) is 0 Å². The van der Waals surface area contributed by atoms with Gasteiger partial charge >= 0.3 is 0 Å². The fraction of sp³-hybridized carbons (Fsp3) is 0.462. The predicted molar refractivity (Wildman–Crippen MR) is 69.0 cm³/mol. The molecule has 0 unspecified atom stereocenters. The number of hydrogen-bond donors (Lipinski definition) is 2. The van der Waals surface area contributed by atoms with Crippen LogP contribution in [0.3, 0.4) is 0 Å². The lowest BCUT2D eigenvalue weighted by Gasteiger charge is -2.14. The second-order valence-electron chi connectivity index (χ2n) is 4.79. The van der Waals surface area contributed by atoms with E-state index in [1.807, 2.05) is 12.5 Å². The maximum atomic E-state index is 13.8. The summed E-state index contributed by atoms with van der Waals surface area (Å²) in [6.45, 7) is 1.83. The fourth-order valence-electron chi connectivity index (χ4n) is 2.15. The average molecular weight is 267 g/mol. The van der Waals surface area contributed by atoms with E-state index in [0.717, 1.165) is 19.5 Å².